The average molecular weight is 441 g/mol. The van der Waals surface area contributed by atoms with Crippen LogP contribution in [0.1, 0.15) is 6.92 Å². The zero-order valence-electron chi connectivity index (χ0n) is 14.0. The summed E-state index contributed by atoms with van der Waals surface area (Å²) in [5.74, 6) is -0.796. The number of carbonyl (C=O) groups is 1. The molecule has 26 heavy (non-hydrogen) atoms. The molecule has 0 aromatic heterocycles. The number of rotatable bonds is 5. The van der Waals surface area contributed by atoms with E-state index in [0.29, 0.717) is 26.7 Å². The van der Waals surface area contributed by atoms with Crippen molar-refractivity contribution in [3.05, 3.63) is 63.2 Å². The van der Waals surface area contributed by atoms with Crippen LogP contribution in [0.25, 0.3) is 0 Å². The van der Waals surface area contributed by atoms with E-state index in [9.17, 15) is 9.18 Å². The van der Waals surface area contributed by atoms with Crippen LogP contribution in [-0.2, 0) is 4.79 Å². The number of allylic oxidation sites excluding steroid dienone is 1. The van der Waals surface area contributed by atoms with Gasteiger partial charge in [0.25, 0.3) is 5.91 Å². The number of nitrogens with one attached hydrogen (secondary N) is 1. The molecule has 0 bridgehead atoms. The molecule has 0 aliphatic rings. The Morgan fingerprint density at radius 2 is 1.96 bits per heavy atom. The van der Waals surface area contributed by atoms with Gasteiger partial charge in [0.05, 0.1) is 10.2 Å². The fourth-order valence-electron chi connectivity index (χ4n) is 2.07. The van der Waals surface area contributed by atoms with Gasteiger partial charge >= 0.3 is 0 Å². The second-order valence-electron chi connectivity index (χ2n) is 5.20. The smallest absolute Gasteiger partial charge is 0.262 e. The summed E-state index contributed by atoms with van der Waals surface area (Å²) < 4.78 is 20.3. The maximum Gasteiger partial charge on any atom is 0.262 e. The maximum atomic E-state index is 13.8. The molecule has 0 aliphatic heterocycles. The monoisotopic (exact) mass is 439 g/mol. The lowest BCUT2D eigenvalue weighted by molar-refractivity contribution is -0.112. The van der Waals surface area contributed by atoms with Gasteiger partial charge in [-0.2, -0.15) is 4.39 Å². The third-order valence-corrected chi connectivity index (χ3v) is 4.13. The lowest BCUT2D eigenvalue weighted by atomic mass is 10.2. The van der Waals surface area contributed by atoms with Gasteiger partial charge in [-0.1, -0.05) is 23.7 Å². The molecule has 2 aromatic carbocycles. The number of halogens is 3. The summed E-state index contributed by atoms with van der Waals surface area (Å²) in [4.78, 5) is 15.8. The van der Waals surface area contributed by atoms with Crippen molar-refractivity contribution in [1.29, 1.82) is 0 Å². The van der Waals surface area contributed by atoms with Crippen LogP contribution >= 0.6 is 27.5 Å². The average Bonchev–Trinajstić information content (AvgIpc) is 2.58. The SMILES string of the molecule is CN=C(F)C(C(=O)Nc1ccccc1Oc1ccc(Cl)cc1Br)=C(C)N. The minimum atomic E-state index is -0.943. The van der Waals surface area contributed by atoms with Crippen LogP contribution in [0.4, 0.5) is 10.1 Å². The van der Waals surface area contributed by atoms with Crippen LogP contribution < -0.4 is 15.8 Å². The van der Waals surface area contributed by atoms with Gasteiger partial charge in [0.2, 0.25) is 5.97 Å². The first-order chi connectivity index (χ1) is 12.3. The van der Waals surface area contributed by atoms with E-state index >= 15 is 0 Å². The first-order valence-corrected chi connectivity index (χ1v) is 8.63. The number of hydrogen-bond acceptors (Lipinski definition) is 4. The minimum Gasteiger partial charge on any atom is -0.454 e. The van der Waals surface area contributed by atoms with Gasteiger partial charge < -0.3 is 15.8 Å². The molecule has 2 aromatic rings. The number of nitrogens with zero attached hydrogens (tertiary/aromatic N) is 1. The Labute approximate surface area is 163 Å². The Balaban J connectivity index is 2.32. The van der Waals surface area contributed by atoms with E-state index in [-0.39, 0.29) is 11.3 Å². The number of ether oxygens (including phenoxy) is 1. The molecule has 0 unspecified atom stereocenters. The van der Waals surface area contributed by atoms with E-state index in [0.717, 1.165) is 0 Å². The molecule has 3 N–H and O–H groups in total. The molecule has 0 atom stereocenters. The predicted molar refractivity (Wildman–Crippen MR) is 106 cm³/mol. The summed E-state index contributed by atoms with van der Waals surface area (Å²) >= 11 is 9.29. The normalized spacial score (nSPS) is 12.4. The molecular weight excluding hydrogens is 425 g/mol. The molecule has 2 rings (SSSR count). The summed E-state index contributed by atoms with van der Waals surface area (Å²) in [6.45, 7) is 1.42. The fourth-order valence-corrected chi connectivity index (χ4v) is 2.83. The number of aliphatic imine (C=N–C) groups is 1. The highest BCUT2D eigenvalue weighted by molar-refractivity contribution is 9.10. The van der Waals surface area contributed by atoms with Crippen LogP contribution in [0.5, 0.6) is 11.5 Å². The summed E-state index contributed by atoms with van der Waals surface area (Å²) in [5, 5.41) is 3.14. The molecule has 0 saturated heterocycles. The molecule has 0 fully saturated rings. The van der Waals surface area contributed by atoms with E-state index in [1.165, 1.54) is 14.0 Å². The van der Waals surface area contributed by atoms with Gasteiger partial charge in [-0.25, -0.2) is 0 Å². The second-order valence-corrected chi connectivity index (χ2v) is 6.49. The number of para-hydroxylation sites is 2. The topological polar surface area (TPSA) is 76.7 Å². The first-order valence-electron chi connectivity index (χ1n) is 7.45. The van der Waals surface area contributed by atoms with Gasteiger partial charge in [0, 0.05) is 17.8 Å². The largest absolute Gasteiger partial charge is 0.454 e. The number of benzene rings is 2. The zero-order chi connectivity index (χ0) is 19.3. The quantitative estimate of drug-likeness (QED) is 0.504. The van der Waals surface area contributed by atoms with Gasteiger partial charge in [-0.05, 0) is 53.2 Å². The van der Waals surface area contributed by atoms with E-state index in [4.69, 9.17) is 22.1 Å². The van der Waals surface area contributed by atoms with Crippen LogP contribution in [0.2, 0.25) is 5.02 Å². The Kier molecular flexibility index (Phi) is 6.76. The van der Waals surface area contributed by atoms with Crippen molar-refractivity contribution in [3.63, 3.8) is 0 Å². The van der Waals surface area contributed by atoms with Gasteiger partial charge in [-0.3, -0.25) is 9.79 Å². The van der Waals surface area contributed by atoms with Crippen molar-refractivity contribution in [2.75, 3.05) is 12.4 Å². The van der Waals surface area contributed by atoms with Crippen LogP contribution in [0.15, 0.2) is 63.2 Å². The molecule has 5 nitrogen and oxygen atoms in total. The standard InChI is InChI=1S/C18H16BrClFN3O2/c1-10(22)16(17(21)23-2)18(25)24-13-5-3-4-6-15(13)26-14-8-7-11(20)9-12(14)19/h3-9H,22H2,1-2H3,(H,24,25). The fraction of sp³-hybridized carbons (Fsp3) is 0.111. The van der Waals surface area contributed by atoms with Crippen molar-refractivity contribution in [2.45, 2.75) is 6.92 Å². The number of amides is 1. The van der Waals surface area contributed by atoms with Crippen LogP contribution in [-0.4, -0.2) is 18.9 Å². The van der Waals surface area contributed by atoms with Gasteiger partial charge in [0.15, 0.2) is 5.75 Å². The highest BCUT2D eigenvalue weighted by atomic mass is 79.9. The van der Waals surface area contributed by atoms with Crippen molar-refractivity contribution in [3.8, 4) is 11.5 Å². The summed E-state index contributed by atoms with van der Waals surface area (Å²) in [6, 6.07) is 11.8. The molecular formula is C18H16BrClFN3O2. The molecule has 0 aliphatic carbocycles. The van der Waals surface area contributed by atoms with Crippen molar-refractivity contribution in [1.82, 2.24) is 0 Å². The summed E-state index contributed by atoms with van der Waals surface area (Å²) in [5.41, 5.74) is 5.65. The molecule has 8 heteroatoms. The lowest BCUT2D eigenvalue weighted by Crippen LogP contribution is -2.22. The van der Waals surface area contributed by atoms with Crippen molar-refractivity contribution < 1.29 is 13.9 Å². The molecule has 136 valence electrons. The van der Waals surface area contributed by atoms with Crippen LogP contribution in [0.3, 0.4) is 0 Å². The Bertz CT molecular complexity index is 896. The third kappa shape index (κ3) is 4.83. The van der Waals surface area contributed by atoms with Crippen LogP contribution in [0, 0.1) is 0 Å². The summed E-state index contributed by atoms with van der Waals surface area (Å²) in [6.07, 6.45) is 0. The van der Waals surface area contributed by atoms with Crippen molar-refractivity contribution >= 4 is 45.1 Å². The predicted octanol–water partition coefficient (Wildman–Crippen LogP) is 5.06. The van der Waals surface area contributed by atoms with E-state index < -0.39 is 11.9 Å². The Morgan fingerprint density at radius 3 is 2.58 bits per heavy atom. The van der Waals surface area contributed by atoms with E-state index in [1.807, 2.05) is 0 Å². The highest BCUT2D eigenvalue weighted by Crippen LogP contribution is 2.35. The van der Waals surface area contributed by atoms with Gasteiger partial charge in [-0.15, -0.1) is 0 Å². The second kappa shape index (κ2) is 8.82. The van der Waals surface area contributed by atoms with E-state index in [1.54, 1.807) is 42.5 Å². The zero-order valence-corrected chi connectivity index (χ0v) is 16.4. The Hall–Kier alpha value is -2.38. The number of carbonyl (C=O) groups excluding carboxylic acids is 1. The molecule has 0 radical (unpaired) electrons. The van der Waals surface area contributed by atoms with Gasteiger partial charge in [0.1, 0.15) is 11.3 Å². The minimum absolute atomic E-state index is 0.0180. The summed E-state index contributed by atoms with van der Waals surface area (Å²) in [7, 11) is 1.24. The number of hydrogen-bond donors (Lipinski definition) is 2. The Morgan fingerprint density at radius 1 is 1.27 bits per heavy atom. The first kappa shape index (κ1) is 19.9. The molecule has 0 spiro atoms. The van der Waals surface area contributed by atoms with Crippen molar-refractivity contribution in [2.24, 2.45) is 10.7 Å². The number of anilines is 1. The van der Waals surface area contributed by atoms with E-state index in [2.05, 4.69) is 26.2 Å². The molecule has 0 heterocycles. The lowest BCUT2D eigenvalue weighted by Gasteiger charge is -2.14. The number of nitrogens with two attached hydrogens (primary N) is 1. The third-order valence-electron chi connectivity index (χ3n) is 3.27. The molecule has 0 saturated carbocycles. The maximum absolute atomic E-state index is 13.8. The highest BCUT2D eigenvalue weighted by Gasteiger charge is 2.20. The molecule has 1 amide bonds.